The summed E-state index contributed by atoms with van der Waals surface area (Å²) in [4.78, 5) is 7.27. The van der Waals surface area contributed by atoms with E-state index in [9.17, 15) is 0 Å². The third-order valence-corrected chi connectivity index (χ3v) is 12.3. The molecule has 5 nitrogen and oxygen atoms in total. The normalized spacial score (nSPS) is 12.5. The lowest BCUT2D eigenvalue weighted by Gasteiger charge is -2.29. The van der Waals surface area contributed by atoms with Gasteiger partial charge in [-0.2, -0.15) is 0 Å². The minimum atomic E-state index is -0.132. The first-order valence-electron chi connectivity index (χ1n) is 22.3. The van der Waals surface area contributed by atoms with Crippen LogP contribution in [0.25, 0.3) is 38.8 Å². The van der Waals surface area contributed by atoms with E-state index < -0.39 is 0 Å². The number of benzene rings is 6. The Morgan fingerprint density at radius 2 is 1.17 bits per heavy atom. The summed E-state index contributed by atoms with van der Waals surface area (Å²) >= 11 is 0. The lowest BCUT2D eigenvalue weighted by Crippen LogP contribution is -2.17. The number of anilines is 4. The molecule has 0 saturated carbocycles. The Kier molecular flexibility index (Phi) is 11.1. The summed E-state index contributed by atoms with van der Waals surface area (Å²) in [5, 5.41) is 6.12. The van der Waals surface area contributed by atoms with Crippen molar-refractivity contribution >= 4 is 44.6 Å². The van der Waals surface area contributed by atoms with Crippen molar-refractivity contribution in [1.29, 1.82) is 0 Å². The third-order valence-electron chi connectivity index (χ3n) is 12.3. The molecule has 0 fully saturated rings. The summed E-state index contributed by atoms with van der Waals surface area (Å²) < 4.78 is 9.27. The molecule has 0 aliphatic heterocycles. The molecule has 1 N–H and O–H groups in total. The van der Waals surface area contributed by atoms with Gasteiger partial charge in [-0.15, -0.1) is 0 Å². The molecule has 0 unspecified atom stereocenters. The first-order chi connectivity index (χ1) is 29.6. The van der Waals surface area contributed by atoms with Crippen LogP contribution in [0, 0.1) is 0 Å². The second-order valence-corrected chi connectivity index (χ2v) is 21.3. The van der Waals surface area contributed by atoms with Gasteiger partial charge in [-0.05, 0) is 128 Å². The van der Waals surface area contributed by atoms with E-state index >= 15 is 0 Å². The van der Waals surface area contributed by atoms with Crippen LogP contribution in [0.1, 0.15) is 105 Å². The van der Waals surface area contributed by atoms with Gasteiger partial charge < -0.3 is 15.0 Å². The zero-order chi connectivity index (χ0) is 45.1. The molecule has 0 saturated heterocycles. The molecular weight excluding hydrogens is 769 g/mol. The van der Waals surface area contributed by atoms with Crippen LogP contribution in [0.3, 0.4) is 0 Å². The number of aromatic nitrogens is 2. The van der Waals surface area contributed by atoms with Crippen LogP contribution in [0.15, 0.2) is 146 Å². The van der Waals surface area contributed by atoms with Gasteiger partial charge in [0, 0.05) is 47.5 Å². The minimum Gasteiger partial charge on any atom is -0.457 e. The number of nitrogens with one attached hydrogen (secondary N) is 1. The lowest BCUT2D eigenvalue weighted by molar-refractivity contribution is 0.479. The molecule has 322 valence electrons. The fourth-order valence-electron chi connectivity index (χ4n) is 8.27. The van der Waals surface area contributed by atoms with Gasteiger partial charge in [0.05, 0.1) is 22.4 Å². The van der Waals surface area contributed by atoms with E-state index in [1.165, 1.54) is 38.8 Å². The van der Waals surface area contributed by atoms with Crippen LogP contribution < -0.4 is 15.0 Å². The van der Waals surface area contributed by atoms with Crippen LogP contribution in [0.5, 0.6) is 11.5 Å². The Labute approximate surface area is 375 Å². The largest absolute Gasteiger partial charge is 0.457 e. The number of hydrogen-bond acceptors (Lipinski definition) is 4. The molecule has 0 spiro atoms. The number of fused-ring (bicyclic) bond motifs is 3. The van der Waals surface area contributed by atoms with E-state index in [1.807, 2.05) is 6.20 Å². The molecular formula is C58H64N4O. The van der Waals surface area contributed by atoms with Gasteiger partial charge in [0.15, 0.2) is 0 Å². The van der Waals surface area contributed by atoms with Crippen molar-refractivity contribution in [2.45, 2.75) is 105 Å². The predicted octanol–water partition coefficient (Wildman–Crippen LogP) is 16.3. The number of pyridine rings is 1. The fourth-order valence-corrected chi connectivity index (χ4v) is 8.27. The zero-order valence-corrected chi connectivity index (χ0v) is 39.6. The molecule has 5 heteroatoms. The van der Waals surface area contributed by atoms with Crippen molar-refractivity contribution < 1.29 is 4.74 Å². The fraction of sp³-hybridized carbons (Fsp3) is 0.293. The molecule has 2 heterocycles. The number of nitrogens with zero attached hydrogens (tertiary/aromatic N) is 3. The Bertz CT molecular complexity index is 2950. The van der Waals surface area contributed by atoms with E-state index in [1.54, 1.807) is 0 Å². The van der Waals surface area contributed by atoms with Crippen molar-refractivity contribution in [2.24, 2.45) is 0 Å². The molecule has 2 aromatic heterocycles. The number of hydrogen-bond donors (Lipinski definition) is 1. The van der Waals surface area contributed by atoms with Crippen LogP contribution in [0.4, 0.5) is 22.7 Å². The first-order valence-corrected chi connectivity index (χ1v) is 22.3. The van der Waals surface area contributed by atoms with Crippen LogP contribution in [-0.2, 0) is 21.7 Å². The van der Waals surface area contributed by atoms with Gasteiger partial charge in [-0.3, -0.25) is 4.57 Å². The Morgan fingerprint density at radius 3 is 1.87 bits per heavy atom. The molecule has 0 aliphatic rings. The monoisotopic (exact) mass is 833 g/mol. The topological polar surface area (TPSA) is 42.3 Å². The number of ether oxygens (including phenoxy) is 1. The average molecular weight is 833 g/mol. The van der Waals surface area contributed by atoms with E-state index in [0.29, 0.717) is 0 Å². The highest BCUT2D eigenvalue weighted by Crippen LogP contribution is 2.42. The van der Waals surface area contributed by atoms with E-state index in [4.69, 9.17) is 9.72 Å². The van der Waals surface area contributed by atoms with Gasteiger partial charge in [0.1, 0.15) is 17.3 Å². The smallest absolute Gasteiger partial charge is 0.137 e. The summed E-state index contributed by atoms with van der Waals surface area (Å²) in [5.74, 6) is 2.43. The summed E-state index contributed by atoms with van der Waals surface area (Å²) in [6.45, 7) is 27.1. The molecule has 0 radical (unpaired) electrons. The molecule has 0 amide bonds. The van der Waals surface area contributed by atoms with E-state index in [2.05, 4.69) is 244 Å². The Balaban J connectivity index is 1.24. The lowest BCUT2D eigenvalue weighted by atomic mass is 9.86. The maximum absolute atomic E-state index is 6.98. The van der Waals surface area contributed by atoms with Crippen molar-refractivity contribution in [2.75, 3.05) is 17.3 Å². The number of rotatable bonds is 8. The van der Waals surface area contributed by atoms with Crippen molar-refractivity contribution in [3.8, 4) is 28.4 Å². The van der Waals surface area contributed by atoms with Crippen LogP contribution >= 0.6 is 0 Å². The van der Waals surface area contributed by atoms with Gasteiger partial charge in [-0.25, -0.2) is 4.98 Å². The maximum Gasteiger partial charge on any atom is 0.137 e. The second kappa shape index (κ2) is 16.1. The molecule has 0 aliphatic carbocycles. The van der Waals surface area contributed by atoms with E-state index in [-0.39, 0.29) is 21.7 Å². The average Bonchev–Trinajstić information content (AvgIpc) is 3.55. The molecule has 8 rings (SSSR count). The molecule has 8 aromatic rings. The van der Waals surface area contributed by atoms with Crippen LogP contribution in [-0.4, -0.2) is 16.6 Å². The first kappa shape index (κ1) is 43.3. The predicted molar refractivity (Wildman–Crippen MR) is 270 cm³/mol. The van der Waals surface area contributed by atoms with Gasteiger partial charge in [0.2, 0.25) is 0 Å². The summed E-state index contributed by atoms with van der Waals surface area (Å²) in [6, 6.07) is 50.4. The summed E-state index contributed by atoms with van der Waals surface area (Å²) in [6.07, 6.45) is 1.93. The summed E-state index contributed by atoms with van der Waals surface area (Å²) in [5.41, 5.74) is 13.6. The van der Waals surface area contributed by atoms with Gasteiger partial charge >= 0.3 is 0 Å². The third kappa shape index (κ3) is 9.11. The van der Waals surface area contributed by atoms with Crippen molar-refractivity contribution in [3.63, 3.8) is 0 Å². The Hall–Kier alpha value is -6.33. The second-order valence-electron chi connectivity index (χ2n) is 21.3. The molecule has 6 aromatic carbocycles. The molecule has 0 bridgehead atoms. The highest BCUT2D eigenvalue weighted by Gasteiger charge is 2.24. The standard InChI is InChI=1S/C58H64N4O/c1-55(2,3)40-20-17-21-44(31-40)60-50-26-23-41(56(4,5)6)34-53(50)61(13)45-32-43(58(10,11)12)33-47(36-45)63-46-24-25-48-49-30-39(38-18-15-14-16-19-38)22-27-51(49)62(52(48)37-46)54-35-42(28-29-59-54)57(7,8)9/h14-37,60H,1-13H3. The molecule has 0 atom stereocenters. The van der Waals surface area contributed by atoms with Crippen molar-refractivity contribution in [3.05, 3.63) is 168 Å². The SMILES string of the molecule is CN(c1cc(Oc2ccc3c4cc(-c5ccccc5)ccc4n(-c4cc(C(C)(C)C)ccn4)c3c2)cc(C(C)(C)C)c1)c1cc(C(C)(C)C)ccc1Nc1cccc(C(C)(C)C)c1. The van der Waals surface area contributed by atoms with Gasteiger partial charge in [0.25, 0.3) is 0 Å². The van der Waals surface area contributed by atoms with Crippen molar-refractivity contribution in [1.82, 2.24) is 9.55 Å². The minimum absolute atomic E-state index is 0.0314. The molecule has 63 heavy (non-hydrogen) atoms. The maximum atomic E-state index is 6.98. The quantitative estimate of drug-likeness (QED) is 0.166. The summed E-state index contributed by atoms with van der Waals surface area (Å²) in [7, 11) is 2.16. The van der Waals surface area contributed by atoms with Gasteiger partial charge in [-0.1, -0.05) is 138 Å². The Morgan fingerprint density at radius 1 is 0.492 bits per heavy atom. The highest BCUT2D eigenvalue weighted by molar-refractivity contribution is 6.10. The van der Waals surface area contributed by atoms with E-state index in [0.717, 1.165) is 56.5 Å². The zero-order valence-electron chi connectivity index (χ0n) is 39.6. The highest BCUT2D eigenvalue weighted by atomic mass is 16.5. The van der Waals surface area contributed by atoms with Crippen LogP contribution in [0.2, 0.25) is 0 Å².